The fraction of sp³-hybridized carbons (Fsp3) is 0.286. The van der Waals surface area contributed by atoms with Crippen LogP contribution in [0.4, 0.5) is 0 Å². The van der Waals surface area contributed by atoms with Gasteiger partial charge in [0, 0.05) is 18.9 Å². The molecule has 0 saturated carbocycles. The Bertz CT molecular complexity index is 981. The van der Waals surface area contributed by atoms with Gasteiger partial charge in [0.25, 0.3) is 5.91 Å². The largest absolute Gasteiger partial charge is 0.493 e. The Kier molecular flexibility index (Phi) is 7.09. The van der Waals surface area contributed by atoms with Gasteiger partial charge in [-0.25, -0.2) is 4.79 Å². The molecule has 30 heavy (non-hydrogen) atoms. The molecule has 0 spiro atoms. The number of carbonyl (C=O) groups excluding carboxylic acids is 2. The van der Waals surface area contributed by atoms with Gasteiger partial charge >= 0.3 is 5.97 Å². The van der Waals surface area contributed by atoms with Crippen LogP contribution in [-0.4, -0.2) is 49.0 Å². The van der Waals surface area contributed by atoms with E-state index in [-0.39, 0.29) is 12.4 Å². The maximum Gasteiger partial charge on any atom is 0.374 e. The van der Waals surface area contributed by atoms with E-state index in [1.165, 1.54) is 6.07 Å². The summed E-state index contributed by atoms with van der Waals surface area (Å²) in [6, 6.07) is 10.5. The van der Waals surface area contributed by atoms with Gasteiger partial charge in [-0.1, -0.05) is 6.07 Å². The molecule has 0 aliphatic carbocycles. The normalized spacial score (nSPS) is 10.5. The highest BCUT2D eigenvalue weighted by Gasteiger charge is 2.15. The number of methoxy groups -OCH3 is 2. The second kappa shape index (κ2) is 10.1. The summed E-state index contributed by atoms with van der Waals surface area (Å²) in [5, 5.41) is 6.78. The molecule has 3 rings (SSSR count). The highest BCUT2D eigenvalue weighted by atomic mass is 16.5. The number of furan rings is 1. The molecule has 1 amide bonds. The van der Waals surface area contributed by atoms with Crippen molar-refractivity contribution in [1.29, 1.82) is 0 Å². The number of hydrogen-bond acceptors (Lipinski definition) is 7. The summed E-state index contributed by atoms with van der Waals surface area (Å²) in [6.07, 6.45) is 4.03. The van der Waals surface area contributed by atoms with E-state index in [9.17, 15) is 9.59 Å². The molecule has 0 radical (unpaired) electrons. The lowest BCUT2D eigenvalue weighted by molar-refractivity contribution is -0.124. The molecular weight excluding hydrogens is 390 g/mol. The second-order valence-electron chi connectivity index (χ2n) is 6.34. The van der Waals surface area contributed by atoms with Crippen molar-refractivity contribution in [3.63, 3.8) is 0 Å². The molecule has 0 aliphatic rings. The van der Waals surface area contributed by atoms with Gasteiger partial charge in [0.2, 0.25) is 5.76 Å². The summed E-state index contributed by atoms with van der Waals surface area (Å²) in [7, 11) is 3.14. The number of benzene rings is 1. The third-order valence-electron chi connectivity index (χ3n) is 4.26. The van der Waals surface area contributed by atoms with Crippen molar-refractivity contribution in [2.24, 2.45) is 0 Å². The number of nitrogens with zero attached hydrogens (tertiary/aromatic N) is 2. The molecular formula is C21H23N3O6. The van der Waals surface area contributed by atoms with Crippen LogP contribution in [0.1, 0.15) is 21.9 Å². The number of amides is 1. The van der Waals surface area contributed by atoms with E-state index < -0.39 is 11.9 Å². The smallest absolute Gasteiger partial charge is 0.374 e. The Hall–Kier alpha value is -3.75. The van der Waals surface area contributed by atoms with E-state index in [0.717, 1.165) is 5.56 Å². The predicted molar refractivity (Wildman–Crippen MR) is 107 cm³/mol. The molecule has 9 heteroatoms. The van der Waals surface area contributed by atoms with Crippen molar-refractivity contribution in [3.8, 4) is 11.5 Å². The second-order valence-corrected chi connectivity index (χ2v) is 6.34. The lowest BCUT2D eigenvalue weighted by Gasteiger charge is -2.10. The van der Waals surface area contributed by atoms with Crippen molar-refractivity contribution >= 4 is 11.9 Å². The van der Waals surface area contributed by atoms with Gasteiger partial charge in [-0.2, -0.15) is 5.10 Å². The summed E-state index contributed by atoms with van der Waals surface area (Å²) in [5.41, 5.74) is 0.977. The summed E-state index contributed by atoms with van der Waals surface area (Å²) >= 11 is 0. The van der Waals surface area contributed by atoms with Crippen LogP contribution < -0.4 is 14.8 Å². The van der Waals surface area contributed by atoms with Crippen molar-refractivity contribution in [1.82, 2.24) is 15.1 Å². The quantitative estimate of drug-likeness (QED) is 0.507. The molecule has 0 atom stereocenters. The lowest BCUT2D eigenvalue weighted by atomic mass is 10.1. The number of esters is 1. The van der Waals surface area contributed by atoms with Crippen molar-refractivity contribution in [2.75, 3.05) is 27.4 Å². The van der Waals surface area contributed by atoms with Crippen LogP contribution >= 0.6 is 0 Å². The van der Waals surface area contributed by atoms with Crippen molar-refractivity contribution < 1.29 is 28.2 Å². The number of rotatable bonds is 10. The molecule has 9 nitrogen and oxygen atoms in total. The van der Waals surface area contributed by atoms with Crippen LogP contribution in [0, 0.1) is 0 Å². The third-order valence-corrected chi connectivity index (χ3v) is 4.26. The monoisotopic (exact) mass is 413 g/mol. The Morgan fingerprint density at radius 3 is 2.70 bits per heavy atom. The Balaban J connectivity index is 1.40. The zero-order valence-electron chi connectivity index (χ0n) is 16.8. The summed E-state index contributed by atoms with van der Waals surface area (Å²) < 4.78 is 22.6. The van der Waals surface area contributed by atoms with Gasteiger partial charge in [0.1, 0.15) is 5.76 Å². The molecule has 0 aliphatic heterocycles. The van der Waals surface area contributed by atoms with Gasteiger partial charge in [-0.05, 0) is 42.3 Å². The molecule has 1 aromatic carbocycles. The summed E-state index contributed by atoms with van der Waals surface area (Å²) in [4.78, 5) is 24.0. The number of nitrogens with one attached hydrogen (secondary N) is 1. The van der Waals surface area contributed by atoms with Gasteiger partial charge in [-0.15, -0.1) is 0 Å². The first-order chi connectivity index (χ1) is 14.6. The molecule has 2 aromatic heterocycles. The summed E-state index contributed by atoms with van der Waals surface area (Å²) in [5.74, 6) is 0.771. The van der Waals surface area contributed by atoms with Crippen LogP contribution in [0.3, 0.4) is 0 Å². The van der Waals surface area contributed by atoms with E-state index in [2.05, 4.69) is 10.4 Å². The maximum atomic E-state index is 12.0. The van der Waals surface area contributed by atoms with E-state index in [4.69, 9.17) is 18.6 Å². The number of hydrogen-bond donors (Lipinski definition) is 1. The predicted octanol–water partition coefficient (Wildman–Crippen LogP) is 2.06. The minimum atomic E-state index is -0.697. The first-order valence-corrected chi connectivity index (χ1v) is 9.30. The van der Waals surface area contributed by atoms with Crippen LogP contribution in [0.15, 0.2) is 53.2 Å². The fourth-order valence-electron chi connectivity index (χ4n) is 2.76. The molecule has 1 N–H and O–H groups in total. The van der Waals surface area contributed by atoms with Crippen molar-refractivity contribution in [3.05, 3.63) is 65.9 Å². The number of ether oxygens (including phenoxy) is 3. The average Bonchev–Trinajstić information content (AvgIpc) is 3.44. The van der Waals surface area contributed by atoms with E-state index in [1.54, 1.807) is 43.4 Å². The number of carbonyl (C=O) groups is 2. The Morgan fingerprint density at radius 1 is 1.13 bits per heavy atom. The van der Waals surface area contributed by atoms with Crippen LogP contribution in [0.25, 0.3) is 0 Å². The topological polar surface area (TPSA) is 105 Å². The Morgan fingerprint density at radius 2 is 1.97 bits per heavy atom. The van der Waals surface area contributed by atoms with E-state index >= 15 is 0 Å². The molecule has 0 unspecified atom stereocenters. The van der Waals surface area contributed by atoms with Crippen LogP contribution in [0.2, 0.25) is 0 Å². The van der Waals surface area contributed by atoms with Crippen molar-refractivity contribution in [2.45, 2.75) is 13.0 Å². The van der Waals surface area contributed by atoms with Crippen LogP contribution in [0.5, 0.6) is 11.5 Å². The van der Waals surface area contributed by atoms with Crippen LogP contribution in [-0.2, 0) is 22.5 Å². The van der Waals surface area contributed by atoms with Gasteiger partial charge in [0.05, 0.1) is 20.8 Å². The third kappa shape index (κ3) is 5.63. The summed E-state index contributed by atoms with van der Waals surface area (Å²) in [6.45, 7) is 0.400. The zero-order chi connectivity index (χ0) is 21.3. The van der Waals surface area contributed by atoms with Gasteiger partial charge in [-0.3, -0.25) is 9.48 Å². The van der Waals surface area contributed by atoms with E-state index in [0.29, 0.717) is 36.8 Å². The maximum absolute atomic E-state index is 12.0. The molecule has 0 saturated heterocycles. The Labute approximate surface area is 173 Å². The van der Waals surface area contributed by atoms with E-state index in [1.807, 2.05) is 18.2 Å². The average molecular weight is 413 g/mol. The SMILES string of the molecule is COc1ccc(CCNC(=O)COC(=O)c2ccc(Cn3cccn3)o2)cc1OC. The minimum Gasteiger partial charge on any atom is -0.493 e. The minimum absolute atomic E-state index is 0.0373. The lowest BCUT2D eigenvalue weighted by Crippen LogP contribution is -2.30. The fourth-order valence-corrected chi connectivity index (χ4v) is 2.76. The highest BCUT2D eigenvalue weighted by molar-refractivity contribution is 5.88. The molecule has 158 valence electrons. The first kappa shape index (κ1) is 21.0. The zero-order valence-corrected chi connectivity index (χ0v) is 16.8. The highest BCUT2D eigenvalue weighted by Crippen LogP contribution is 2.27. The molecule has 2 heterocycles. The standard InChI is InChI=1S/C21H23N3O6/c1-27-17-6-4-15(12-19(17)28-2)8-10-22-20(25)14-29-21(26)18-7-5-16(30-18)13-24-11-3-9-23-24/h3-7,9,11-12H,8,10,13-14H2,1-2H3,(H,22,25). The molecule has 0 bridgehead atoms. The first-order valence-electron chi connectivity index (χ1n) is 9.30. The van der Waals surface area contributed by atoms with Gasteiger partial charge in [0.15, 0.2) is 18.1 Å². The van der Waals surface area contributed by atoms with Gasteiger partial charge < -0.3 is 23.9 Å². The molecule has 0 fully saturated rings. The molecule has 3 aromatic rings. The number of aromatic nitrogens is 2.